The van der Waals surface area contributed by atoms with Crippen LogP contribution < -0.4 is 14.8 Å². The number of aryl methyl sites for hydroxylation is 2. The molecule has 1 amide bonds. The van der Waals surface area contributed by atoms with Gasteiger partial charge in [0.1, 0.15) is 23.9 Å². The first-order valence-corrected chi connectivity index (χ1v) is 11.8. The largest absolute Gasteiger partial charge is 0.486 e. The molecule has 7 heteroatoms. The van der Waals surface area contributed by atoms with Gasteiger partial charge in [-0.25, -0.2) is 4.68 Å². The molecule has 1 N–H and O–H groups in total. The molecule has 0 aliphatic heterocycles. The Labute approximate surface area is 205 Å². The molecule has 4 aromatic rings. The molecule has 2 heterocycles. The number of furan rings is 1. The van der Waals surface area contributed by atoms with Gasteiger partial charge in [-0.3, -0.25) is 4.79 Å². The first kappa shape index (κ1) is 24.1. The number of anilines is 1. The average Bonchev–Trinajstić information content (AvgIpc) is 3.52. The van der Waals surface area contributed by atoms with E-state index in [-0.39, 0.29) is 25.0 Å². The molecule has 0 bridgehead atoms. The second kappa shape index (κ2) is 11.0. The predicted octanol–water partition coefficient (Wildman–Crippen LogP) is 6.47. The highest BCUT2D eigenvalue weighted by Crippen LogP contribution is 2.23. The van der Waals surface area contributed by atoms with Gasteiger partial charge in [0.2, 0.25) is 0 Å². The first-order valence-electron chi connectivity index (χ1n) is 11.8. The van der Waals surface area contributed by atoms with Crippen LogP contribution in [-0.2, 0) is 13.3 Å². The molecule has 182 valence electrons. The number of rotatable bonds is 10. The summed E-state index contributed by atoms with van der Waals surface area (Å²) in [5.41, 5.74) is 4.08. The lowest BCUT2D eigenvalue weighted by atomic mass is 9.99. The number of nitrogens with zero attached hydrogens (tertiary/aromatic N) is 2. The lowest BCUT2D eigenvalue weighted by molar-refractivity contribution is 0.0992. The molecule has 2 aromatic carbocycles. The van der Waals surface area contributed by atoms with Crippen molar-refractivity contribution in [1.82, 2.24) is 9.78 Å². The average molecular weight is 474 g/mol. The van der Waals surface area contributed by atoms with Crippen molar-refractivity contribution in [1.29, 1.82) is 0 Å². The Morgan fingerprint density at radius 1 is 1.09 bits per heavy atom. The molecular formula is C28H31N3O4. The van der Waals surface area contributed by atoms with Crippen molar-refractivity contribution >= 4 is 11.6 Å². The number of ether oxygens (including phenoxy) is 2. The van der Waals surface area contributed by atoms with Crippen LogP contribution >= 0.6 is 0 Å². The highest BCUT2D eigenvalue weighted by molar-refractivity contribution is 6.02. The van der Waals surface area contributed by atoms with Crippen molar-refractivity contribution in [2.24, 2.45) is 0 Å². The van der Waals surface area contributed by atoms with Crippen molar-refractivity contribution in [3.8, 4) is 11.5 Å². The van der Waals surface area contributed by atoms with E-state index in [2.05, 4.69) is 42.5 Å². The summed E-state index contributed by atoms with van der Waals surface area (Å²) >= 11 is 0. The number of aromatic nitrogens is 2. The number of carbonyl (C=O) groups is 1. The molecule has 0 aliphatic rings. The maximum absolute atomic E-state index is 12.6. The summed E-state index contributed by atoms with van der Waals surface area (Å²) in [5, 5.41) is 7.03. The smallest absolute Gasteiger partial charge is 0.291 e. The Kier molecular flexibility index (Phi) is 7.55. The van der Waals surface area contributed by atoms with E-state index in [4.69, 9.17) is 13.9 Å². The minimum absolute atomic E-state index is 0.204. The fraction of sp³-hybridized carbons (Fsp3) is 0.286. The van der Waals surface area contributed by atoms with Crippen molar-refractivity contribution in [3.05, 3.63) is 95.2 Å². The minimum Gasteiger partial charge on any atom is -0.486 e. The Morgan fingerprint density at radius 3 is 2.63 bits per heavy atom. The summed E-state index contributed by atoms with van der Waals surface area (Å²) in [6, 6.07) is 17.5. The maximum atomic E-state index is 12.6. The van der Waals surface area contributed by atoms with E-state index in [0.29, 0.717) is 17.4 Å². The fourth-order valence-corrected chi connectivity index (χ4v) is 3.65. The Morgan fingerprint density at radius 2 is 1.89 bits per heavy atom. The number of hydrogen-bond donors (Lipinski definition) is 1. The fourth-order valence-electron chi connectivity index (χ4n) is 3.65. The monoisotopic (exact) mass is 473 g/mol. The van der Waals surface area contributed by atoms with Crippen LogP contribution in [0.5, 0.6) is 11.5 Å². The third kappa shape index (κ3) is 6.32. The zero-order valence-corrected chi connectivity index (χ0v) is 20.6. The van der Waals surface area contributed by atoms with Gasteiger partial charge in [0.25, 0.3) is 5.91 Å². The molecule has 0 fully saturated rings. The van der Waals surface area contributed by atoms with Gasteiger partial charge in [-0.1, -0.05) is 43.7 Å². The van der Waals surface area contributed by atoms with Crippen LogP contribution in [0.4, 0.5) is 5.69 Å². The number of nitrogens with one attached hydrogen (secondary N) is 1. The molecule has 0 radical (unpaired) electrons. The second-order valence-electron chi connectivity index (χ2n) is 8.70. The van der Waals surface area contributed by atoms with Gasteiger partial charge in [-0.05, 0) is 67.6 Å². The van der Waals surface area contributed by atoms with Crippen LogP contribution in [0.15, 0.2) is 71.4 Å². The summed E-state index contributed by atoms with van der Waals surface area (Å²) in [4.78, 5) is 12.6. The topological polar surface area (TPSA) is 78.5 Å². The Bertz CT molecular complexity index is 1270. The van der Waals surface area contributed by atoms with E-state index in [1.54, 1.807) is 29.2 Å². The van der Waals surface area contributed by atoms with Gasteiger partial charge in [-0.2, -0.15) is 5.10 Å². The number of hydrogen-bond acceptors (Lipinski definition) is 5. The molecule has 0 saturated carbocycles. The van der Waals surface area contributed by atoms with E-state index in [1.165, 1.54) is 11.1 Å². The molecular weight excluding hydrogens is 442 g/mol. The van der Waals surface area contributed by atoms with Crippen LogP contribution in [0.3, 0.4) is 0 Å². The van der Waals surface area contributed by atoms with Crippen LogP contribution in [0.25, 0.3) is 0 Å². The zero-order chi connectivity index (χ0) is 24.8. The molecule has 1 unspecified atom stereocenters. The highest BCUT2D eigenvalue weighted by Gasteiger charge is 2.13. The zero-order valence-electron chi connectivity index (χ0n) is 20.6. The standard InChI is InChI=1S/C28H31N3O4/c1-5-20(3)22-7-9-24(10-8-22)33-17-25-11-13-27(35-25)28(32)30-23-15-29-31(16-23)18-34-26-12-6-19(2)14-21(26)4/h6-16,20H,5,17-18H2,1-4H3,(H,30,32). The van der Waals surface area contributed by atoms with E-state index < -0.39 is 0 Å². The number of amides is 1. The number of carbonyl (C=O) groups excluding carboxylic acids is 1. The molecule has 2 aromatic heterocycles. The van der Waals surface area contributed by atoms with Crippen molar-refractivity contribution in [2.45, 2.75) is 53.4 Å². The van der Waals surface area contributed by atoms with Gasteiger partial charge >= 0.3 is 0 Å². The molecule has 0 aliphatic carbocycles. The quantitative estimate of drug-likeness (QED) is 0.285. The molecule has 7 nitrogen and oxygen atoms in total. The van der Waals surface area contributed by atoms with E-state index in [1.807, 2.05) is 38.1 Å². The van der Waals surface area contributed by atoms with Crippen molar-refractivity contribution < 1.29 is 18.7 Å². The summed E-state index contributed by atoms with van der Waals surface area (Å²) in [6.07, 6.45) is 4.37. The molecule has 35 heavy (non-hydrogen) atoms. The Balaban J connectivity index is 1.27. The first-order chi connectivity index (χ1) is 16.9. The van der Waals surface area contributed by atoms with Gasteiger partial charge < -0.3 is 19.2 Å². The lowest BCUT2D eigenvalue weighted by Crippen LogP contribution is -2.10. The highest BCUT2D eigenvalue weighted by atomic mass is 16.5. The lowest BCUT2D eigenvalue weighted by Gasteiger charge is -2.10. The van der Waals surface area contributed by atoms with Gasteiger partial charge in [0, 0.05) is 0 Å². The summed E-state index contributed by atoms with van der Waals surface area (Å²) < 4.78 is 18.9. The predicted molar refractivity (Wildman–Crippen MR) is 135 cm³/mol. The van der Waals surface area contributed by atoms with E-state index in [0.717, 1.165) is 23.5 Å². The third-order valence-electron chi connectivity index (χ3n) is 5.90. The van der Waals surface area contributed by atoms with Crippen LogP contribution in [0, 0.1) is 13.8 Å². The summed E-state index contributed by atoms with van der Waals surface area (Å²) in [6.45, 7) is 8.90. The molecule has 1 atom stereocenters. The van der Waals surface area contributed by atoms with Crippen LogP contribution in [0.1, 0.15) is 59.2 Å². The van der Waals surface area contributed by atoms with Gasteiger partial charge in [-0.15, -0.1) is 0 Å². The van der Waals surface area contributed by atoms with Crippen LogP contribution in [0.2, 0.25) is 0 Å². The summed E-state index contributed by atoms with van der Waals surface area (Å²) in [7, 11) is 0. The number of benzene rings is 2. The van der Waals surface area contributed by atoms with Crippen molar-refractivity contribution in [2.75, 3.05) is 5.32 Å². The normalized spacial score (nSPS) is 11.8. The van der Waals surface area contributed by atoms with Crippen molar-refractivity contribution in [3.63, 3.8) is 0 Å². The minimum atomic E-state index is -0.357. The van der Waals surface area contributed by atoms with E-state index >= 15 is 0 Å². The van der Waals surface area contributed by atoms with Gasteiger partial charge in [0.15, 0.2) is 12.5 Å². The van der Waals surface area contributed by atoms with Gasteiger partial charge in [0.05, 0.1) is 18.1 Å². The molecule has 0 saturated heterocycles. The summed E-state index contributed by atoms with van der Waals surface area (Å²) in [5.74, 6) is 2.49. The second-order valence-corrected chi connectivity index (χ2v) is 8.70. The Hall–Kier alpha value is -4.00. The van der Waals surface area contributed by atoms with Crippen LogP contribution in [-0.4, -0.2) is 15.7 Å². The van der Waals surface area contributed by atoms with E-state index in [9.17, 15) is 4.79 Å². The maximum Gasteiger partial charge on any atom is 0.291 e. The third-order valence-corrected chi connectivity index (χ3v) is 5.90. The molecule has 0 spiro atoms. The SMILES string of the molecule is CCC(C)c1ccc(OCc2ccc(C(=O)Nc3cnn(COc4ccc(C)cc4C)c3)o2)cc1. The molecule has 4 rings (SSSR count).